The minimum Gasteiger partial charge on any atom is -0.484 e. The molecule has 0 aliphatic carbocycles. The van der Waals surface area contributed by atoms with E-state index in [9.17, 15) is 18.0 Å². The number of carboxylic acids is 1. The molecule has 0 bridgehead atoms. The number of hydrogen-bond acceptors (Lipinski definition) is 5. The molecule has 0 unspecified atom stereocenters. The lowest BCUT2D eigenvalue weighted by Crippen LogP contribution is -2.48. The molecule has 0 spiro atoms. The summed E-state index contributed by atoms with van der Waals surface area (Å²) in [7, 11) is -3.99. The van der Waals surface area contributed by atoms with Crippen LogP contribution in [0.5, 0.6) is 5.75 Å². The third-order valence-electron chi connectivity index (χ3n) is 3.25. The summed E-state index contributed by atoms with van der Waals surface area (Å²) >= 11 is 0. The number of benzene rings is 1. The first-order chi connectivity index (χ1) is 10.5. The first-order valence-electron chi connectivity index (χ1n) is 6.84. The van der Waals surface area contributed by atoms with E-state index in [1.165, 1.54) is 30.0 Å². The highest BCUT2D eigenvalue weighted by Gasteiger charge is 2.34. The van der Waals surface area contributed by atoms with E-state index in [4.69, 9.17) is 9.84 Å². The maximum Gasteiger partial charge on any atom is 0.318 e. The lowest BCUT2D eigenvalue weighted by molar-refractivity contribution is -0.135. The number of nitrogens with one attached hydrogen (secondary N) is 1. The smallest absolute Gasteiger partial charge is 0.318 e. The van der Waals surface area contributed by atoms with Crippen LogP contribution in [-0.4, -0.2) is 44.1 Å². The van der Waals surface area contributed by atoms with Crippen LogP contribution in [0.1, 0.15) is 20.8 Å². The van der Waals surface area contributed by atoms with Crippen LogP contribution < -0.4 is 14.4 Å². The fraction of sp³-hybridized carbons (Fsp3) is 0.429. The molecule has 23 heavy (non-hydrogen) atoms. The summed E-state index contributed by atoms with van der Waals surface area (Å²) in [5.41, 5.74) is -0.254. The van der Waals surface area contributed by atoms with E-state index in [0.29, 0.717) is 11.4 Å². The molecule has 8 nitrogen and oxygen atoms in total. The molecule has 0 aromatic heterocycles. The van der Waals surface area contributed by atoms with Crippen molar-refractivity contribution < 1.29 is 27.9 Å². The molecule has 2 rings (SSSR count). The van der Waals surface area contributed by atoms with Gasteiger partial charge in [-0.3, -0.25) is 9.59 Å². The molecule has 1 heterocycles. The summed E-state index contributed by atoms with van der Waals surface area (Å²) in [4.78, 5) is 23.7. The Bertz CT molecular complexity index is 757. The zero-order chi connectivity index (χ0) is 17.4. The van der Waals surface area contributed by atoms with Gasteiger partial charge >= 0.3 is 5.97 Å². The van der Waals surface area contributed by atoms with Crippen molar-refractivity contribution >= 4 is 27.6 Å². The van der Waals surface area contributed by atoms with Crippen LogP contribution in [0.15, 0.2) is 23.1 Å². The van der Waals surface area contributed by atoms with Crippen LogP contribution in [0.2, 0.25) is 0 Å². The van der Waals surface area contributed by atoms with Gasteiger partial charge < -0.3 is 14.7 Å². The number of ether oxygens (including phenoxy) is 1. The second kappa shape index (κ2) is 5.82. The van der Waals surface area contributed by atoms with Crippen molar-refractivity contribution in [3.05, 3.63) is 18.2 Å². The van der Waals surface area contributed by atoms with Gasteiger partial charge in [0, 0.05) is 6.92 Å². The van der Waals surface area contributed by atoms with Gasteiger partial charge in [0.05, 0.1) is 17.1 Å². The Balaban J connectivity index is 2.44. The van der Waals surface area contributed by atoms with E-state index >= 15 is 0 Å². The van der Waals surface area contributed by atoms with Gasteiger partial charge in [0.2, 0.25) is 15.9 Å². The molecule has 1 aliphatic heterocycles. The predicted molar refractivity (Wildman–Crippen MR) is 82.0 cm³/mol. The topological polar surface area (TPSA) is 113 Å². The van der Waals surface area contributed by atoms with E-state index < -0.39 is 28.1 Å². The number of sulfonamides is 1. The van der Waals surface area contributed by atoms with E-state index in [0.717, 1.165) is 0 Å². The van der Waals surface area contributed by atoms with Crippen LogP contribution in [0, 0.1) is 0 Å². The maximum absolute atomic E-state index is 12.1. The Morgan fingerprint density at radius 3 is 2.61 bits per heavy atom. The molecule has 0 saturated heterocycles. The molecule has 1 aliphatic rings. The van der Waals surface area contributed by atoms with Gasteiger partial charge in [-0.15, -0.1) is 0 Å². The number of hydrogen-bond donors (Lipinski definition) is 2. The van der Waals surface area contributed by atoms with Crippen LogP contribution in [0.4, 0.5) is 5.69 Å². The number of fused-ring (bicyclic) bond motifs is 1. The van der Waals surface area contributed by atoms with Crippen LogP contribution in [-0.2, 0) is 19.6 Å². The Morgan fingerprint density at radius 2 is 2.04 bits per heavy atom. The average molecular weight is 342 g/mol. The molecular formula is C14H18N2O6S. The monoisotopic (exact) mass is 342 g/mol. The lowest BCUT2D eigenvalue weighted by Gasteiger charge is -2.39. The number of aliphatic carboxylic acids is 1. The van der Waals surface area contributed by atoms with Gasteiger partial charge in [0.15, 0.2) is 0 Å². The summed E-state index contributed by atoms with van der Waals surface area (Å²) in [5.74, 6) is -1.13. The summed E-state index contributed by atoms with van der Waals surface area (Å²) in [6.45, 7) is 4.59. The van der Waals surface area contributed by atoms with Crippen molar-refractivity contribution in [2.45, 2.75) is 31.3 Å². The highest BCUT2D eigenvalue weighted by molar-refractivity contribution is 7.89. The number of carbonyl (C=O) groups excluding carboxylic acids is 1. The number of carbonyl (C=O) groups is 2. The largest absolute Gasteiger partial charge is 0.484 e. The van der Waals surface area contributed by atoms with Crippen LogP contribution in [0.3, 0.4) is 0 Å². The molecule has 0 radical (unpaired) electrons. The SMILES string of the molecule is CC(=O)N1CC(C)(C)Oc2ccc(S(=O)(=O)NCC(=O)O)cc21. The molecule has 9 heteroatoms. The van der Waals surface area contributed by atoms with Gasteiger partial charge in [-0.05, 0) is 32.0 Å². The maximum atomic E-state index is 12.1. The van der Waals surface area contributed by atoms with Gasteiger partial charge in [0.1, 0.15) is 17.9 Å². The van der Waals surface area contributed by atoms with Crippen molar-refractivity contribution in [1.29, 1.82) is 0 Å². The standard InChI is InChI=1S/C14H18N2O6S/c1-9(17)16-8-14(2,3)22-12-5-4-10(6-11(12)16)23(20,21)15-7-13(18)19/h4-6,15H,7-8H2,1-3H3,(H,18,19). The number of amides is 1. The molecule has 0 fully saturated rings. The minimum absolute atomic E-state index is 0.132. The molecule has 0 atom stereocenters. The lowest BCUT2D eigenvalue weighted by atomic mass is 10.1. The Kier molecular flexibility index (Phi) is 4.36. The summed E-state index contributed by atoms with van der Waals surface area (Å²) in [5, 5.41) is 8.59. The number of rotatable bonds is 4. The molecule has 1 aromatic rings. The summed E-state index contributed by atoms with van der Waals surface area (Å²) < 4.78 is 31.9. The second-order valence-electron chi connectivity index (χ2n) is 5.81. The van der Waals surface area contributed by atoms with Crippen molar-refractivity contribution in [3.8, 4) is 5.75 Å². The highest BCUT2D eigenvalue weighted by atomic mass is 32.2. The minimum atomic E-state index is -3.99. The molecule has 0 saturated carbocycles. The summed E-state index contributed by atoms with van der Waals surface area (Å²) in [6, 6.07) is 4.07. The third kappa shape index (κ3) is 3.80. The second-order valence-corrected chi connectivity index (χ2v) is 7.58. The highest BCUT2D eigenvalue weighted by Crippen LogP contribution is 2.38. The normalized spacial score (nSPS) is 16.4. The first-order valence-corrected chi connectivity index (χ1v) is 8.33. The fourth-order valence-electron chi connectivity index (χ4n) is 2.28. The van der Waals surface area contributed by atoms with Gasteiger partial charge in [0.25, 0.3) is 0 Å². The molecular weight excluding hydrogens is 324 g/mol. The molecule has 1 amide bonds. The molecule has 126 valence electrons. The Morgan fingerprint density at radius 1 is 1.39 bits per heavy atom. The first kappa shape index (κ1) is 17.2. The predicted octanol–water partition coefficient (Wildman–Crippen LogP) is 0.573. The van der Waals surface area contributed by atoms with Crippen molar-refractivity contribution in [3.63, 3.8) is 0 Å². The van der Waals surface area contributed by atoms with E-state index in [1.54, 1.807) is 0 Å². The average Bonchev–Trinajstić information content (AvgIpc) is 2.42. The van der Waals surface area contributed by atoms with E-state index in [1.807, 2.05) is 18.6 Å². The zero-order valence-corrected chi connectivity index (χ0v) is 13.8. The fourth-order valence-corrected chi connectivity index (χ4v) is 3.27. The number of carboxylic acid groups (broad SMARTS) is 1. The van der Waals surface area contributed by atoms with Gasteiger partial charge in [-0.25, -0.2) is 8.42 Å². The van der Waals surface area contributed by atoms with Crippen molar-refractivity contribution in [2.24, 2.45) is 0 Å². The van der Waals surface area contributed by atoms with Gasteiger partial charge in [-0.1, -0.05) is 0 Å². The summed E-state index contributed by atoms with van der Waals surface area (Å²) in [6.07, 6.45) is 0. The zero-order valence-electron chi connectivity index (χ0n) is 13.0. The Hall–Kier alpha value is -2.13. The molecule has 1 aromatic carbocycles. The third-order valence-corrected chi connectivity index (χ3v) is 4.65. The number of anilines is 1. The number of nitrogens with zero attached hydrogens (tertiary/aromatic N) is 1. The van der Waals surface area contributed by atoms with Crippen LogP contribution >= 0.6 is 0 Å². The Labute approximate surface area is 134 Å². The quantitative estimate of drug-likeness (QED) is 0.827. The van der Waals surface area contributed by atoms with Crippen LogP contribution in [0.25, 0.3) is 0 Å². The molecule has 2 N–H and O–H groups in total. The van der Waals surface area contributed by atoms with Crippen molar-refractivity contribution in [2.75, 3.05) is 18.0 Å². The van der Waals surface area contributed by atoms with E-state index in [-0.39, 0.29) is 17.3 Å². The van der Waals surface area contributed by atoms with Crippen molar-refractivity contribution in [1.82, 2.24) is 4.72 Å². The van der Waals surface area contributed by atoms with E-state index in [2.05, 4.69) is 0 Å². The van der Waals surface area contributed by atoms with Gasteiger partial charge in [-0.2, -0.15) is 4.72 Å².